The van der Waals surface area contributed by atoms with Crippen molar-refractivity contribution in [2.45, 2.75) is 13.3 Å². The normalized spacial score (nSPS) is 15.1. The Labute approximate surface area is 90.9 Å². The highest BCUT2D eigenvalue weighted by Crippen LogP contribution is 2.26. The first-order valence-electron chi connectivity index (χ1n) is 4.21. The number of hydrogen-bond acceptors (Lipinski definition) is 2. The fraction of sp³-hybridized carbons (Fsp3) is 0.300. The molecule has 1 aliphatic rings. The van der Waals surface area contributed by atoms with Crippen molar-refractivity contribution in [3.05, 3.63) is 26.8 Å². The summed E-state index contributed by atoms with van der Waals surface area (Å²) >= 11 is 2.28. The molecule has 0 fully saturated rings. The topological polar surface area (TPSA) is 29.1 Å². The number of anilines is 1. The zero-order valence-corrected chi connectivity index (χ0v) is 9.51. The summed E-state index contributed by atoms with van der Waals surface area (Å²) in [7, 11) is 0. The third kappa shape index (κ3) is 1.70. The largest absolute Gasteiger partial charge is 0.378 e. The van der Waals surface area contributed by atoms with E-state index in [1.165, 1.54) is 9.13 Å². The Kier molecular flexibility index (Phi) is 2.27. The highest BCUT2D eigenvalue weighted by molar-refractivity contribution is 14.1. The molecular formula is C10H10INO. The molecule has 1 aromatic carbocycles. The van der Waals surface area contributed by atoms with E-state index in [1.54, 1.807) is 0 Å². The number of nitrogens with one attached hydrogen (secondary N) is 1. The second-order valence-electron chi connectivity index (χ2n) is 3.33. The first-order chi connectivity index (χ1) is 6.16. The number of hydrogen-bond donors (Lipinski definition) is 1. The Morgan fingerprint density at radius 2 is 2.23 bits per heavy atom. The van der Waals surface area contributed by atoms with E-state index >= 15 is 0 Å². The molecule has 0 saturated heterocycles. The number of halogens is 1. The molecule has 1 aromatic rings. The van der Waals surface area contributed by atoms with Crippen molar-refractivity contribution >= 4 is 34.1 Å². The van der Waals surface area contributed by atoms with Crippen molar-refractivity contribution < 1.29 is 4.79 Å². The third-order valence-corrected chi connectivity index (χ3v) is 2.85. The second kappa shape index (κ2) is 3.29. The summed E-state index contributed by atoms with van der Waals surface area (Å²) in [5.41, 5.74) is 3.52. The van der Waals surface area contributed by atoms with E-state index in [1.807, 2.05) is 0 Å². The Morgan fingerprint density at radius 1 is 1.46 bits per heavy atom. The minimum atomic E-state index is 0.272. The van der Waals surface area contributed by atoms with E-state index in [0.717, 1.165) is 11.3 Å². The smallest absolute Gasteiger partial charge is 0.156 e. The van der Waals surface area contributed by atoms with E-state index in [4.69, 9.17) is 0 Å². The van der Waals surface area contributed by atoms with Crippen LogP contribution in [0.3, 0.4) is 0 Å². The summed E-state index contributed by atoms with van der Waals surface area (Å²) < 4.78 is 1.20. The number of carbonyl (C=O) groups is 1. The van der Waals surface area contributed by atoms with E-state index < -0.39 is 0 Å². The molecule has 1 N–H and O–H groups in total. The molecule has 1 aliphatic heterocycles. The Bertz CT molecular complexity index is 373. The molecule has 1 heterocycles. The van der Waals surface area contributed by atoms with Crippen molar-refractivity contribution in [1.82, 2.24) is 0 Å². The van der Waals surface area contributed by atoms with Crippen molar-refractivity contribution in [1.29, 1.82) is 0 Å². The van der Waals surface area contributed by atoms with E-state index in [0.29, 0.717) is 13.0 Å². The van der Waals surface area contributed by atoms with Crippen LogP contribution in [0.5, 0.6) is 0 Å². The van der Waals surface area contributed by atoms with Crippen LogP contribution >= 0.6 is 22.6 Å². The molecule has 0 bridgehead atoms. The van der Waals surface area contributed by atoms with Crippen LogP contribution in [-0.4, -0.2) is 12.3 Å². The van der Waals surface area contributed by atoms with Gasteiger partial charge in [-0.2, -0.15) is 0 Å². The summed E-state index contributed by atoms with van der Waals surface area (Å²) in [6.45, 7) is 2.55. The van der Waals surface area contributed by atoms with Gasteiger partial charge in [0.15, 0.2) is 5.78 Å². The maximum Gasteiger partial charge on any atom is 0.156 e. The summed E-state index contributed by atoms with van der Waals surface area (Å²) in [5, 5.41) is 3.16. The van der Waals surface area contributed by atoms with Crippen molar-refractivity contribution in [3.63, 3.8) is 0 Å². The molecule has 0 aromatic heterocycles. The van der Waals surface area contributed by atoms with Gasteiger partial charge in [-0.1, -0.05) is 0 Å². The molecule has 0 amide bonds. The molecule has 2 rings (SSSR count). The van der Waals surface area contributed by atoms with Gasteiger partial charge < -0.3 is 5.32 Å². The predicted molar refractivity (Wildman–Crippen MR) is 61.1 cm³/mol. The molecule has 0 saturated carbocycles. The zero-order valence-electron chi connectivity index (χ0n) is 7.36. The Morgan fingerprint density at radius 3 is 3.00 bits per heavy atom. The van der Waals surface area contributed by atoms with E-state index in [9.17, 15) is 4.79 Å². The molecule has 2 nitrogen and oxygen atoms in total. The van der Waals surface area contributed by atoms with Crippen LogP contribution in [0.25, 0.3) is 0 Å². The third-order valence-electron chi connectivity index (χ3n) is 2.23. The lowest BCUT2D eigenvalue weighted by Gasteiger charge is -2.19. The van der Waals surface area contributed by atoms with Crippen LogP contribution in [-0.2, 0) is 11.2 Å². The maximum absolute atomic E-state index is 11.2. The molecule has 0 atom stereocenters. The fourth-order valence-electron chi connectivity index (χ4n) is 1.67. The lowest BCUT2D eigenvalue weighted by atomic mass is 9.99. The Balaban J connectivity index is 2.53. The molecule has 0 unspecified atom stereocenters. The average Bonchev–Trinajstić information content (AvgIpc) is 2.02. The summed E-state index contributed by atoms with van der Waals surface area (Å²) in [6, 6.07) is 4.20. The van der Waals surface area contributed by atoms with Gasteiger partial charge in [-0.3, -0.25) is 4.79 Å². The average molecular weight is 287 g/mol. The molecule has 0 radical (unpaired) electrons. The lowest BCUT2D eigenvalue weighted by molar-refractivity contribution is -0.117. The van der Waals surface area contributed by atoms with Crippen LogP contribution in [0.2, 0.25) is 0 Å². The predicted octanol–water partition coefficient (Wildman–Crippen LogP) is 2.14. The number of Topliss-reactive ketones (excluding diaryl/α,β-unsaturated/α-hetero) is 1. The summed E-state index contributed by atoms with van der Waals surface area (Å²) in [5.74, 6) is 0.272. The first-order valence-corrected chi connectivity index (χ1v) is 5.29. The Hall–Kier alpha value is -0.580. The highest BCUT2D eigenvalue weighted by atomic mass is 127. The van der Waals surface area contributed by atoms with Gasteiger partial charge in [0.1, 0.15) is 0 Å². The quantitative estimate of drug-likeness (QED) is 0.741. The molecule has 13 heavy (non-hydrogen) atoms. The van der Waals surface area contributed by atoms with Crippen molar-refractivity contribution in [2.24, 2.45) is 0 Å². The van der Waals surface area contributed by atoms with Gasteiger partial charge in [0.2, 0.25) is 0 Å². The minimum Gasteiger partial charge on any atom is -0.378 e. The first kappa shape index (κ1) is 8.99. The van der Waals surface area contributed by atoms with Crippen molar-refractivity contribution in [2.75, 3.05) is 11.9 Å². The summed E-state index contributed by atoms with van der Waals surface area (Å²) in [6.07, 6.45) is 0.583. The SMILES string of the molecule is Cc1cc(I)cc2c1NCC(=O)C2. The van der Waals surface area contributed by atoms with Gasteiger partial charge in [0.25, 0.3) is 0 Å². The highest BCUT2D eigenvalue weighted by Gasteiger charge is 2.16. The number of aryl methyl sites for hydroxylation is 1. The standard InChI is InChI=1S/C10H10INO/c1-6-2-8(11)3-7-4-9(13)5-12-10(6)7/h2-3,12H,4-5H2,1H3. The summed E-state index contributed by atoms with van der Waals surface area (Å²) in [4.78, 5) is 11.2. The molecule has 3 heteroatoms. The molecular weight excluding hydrogens is 277 g/mol. The van der Waals surface area contributed by atoms with Gasteiger partial charge in [-0.05, 0) is 52.8 Å². The monoisotopic (exact) mass is 287 g/mol. The van der Waals surface area contributed by atoms with Crippen LogP contribution in [0, 0.1) is 10.5 Å². The molecule has 68 valence electrons. The number of benzene rings is 1. The van der Waals surface area contributed by atoms with E-state index in [2.05, 4.69) is 47.0 Å². The maximum atomic E-state index is 11.2. The lowest BCUT2D eigenvalue weighted by Crippen LogP contribution is -2.23. The van der Waals surface area contributed by atoms with Gasteiger partial charge in [-0.15, -0.1) is 0 Å². The fourth-order valence-corrected chi connectivity index (χ4v) is 2.51. The number of carbonyl (C=O) groups excluding carboxylic acids is 1. The number of fused-ring (bicyclic) bond motifs is 1. The van der Waals surface area contributed by atoms with Crippen molar-refractivity contribution in [3.8, 4) is 0 Å². The van der Waals surface area contributed by atoms with Crippen LogP contribution < -0.4 is 5.32 Å². The van der Waals surface area contributed by atoms with Gasteiger partial charge in [0.05, 0.1) is 6.54 Å². The van der Waals surface area contributed by atoms with Crippen LogP contribution in [0.4, 0.5) is 5.69 Å². The molecule has 0 aliphatic carbocycles. The number of rotatable bonds is 0. The second-order valence-corrected chi connectivity index (χ2v) is 4.57. The van der Waals surface area contributed by atoms with Gasteiger partial charge in [0, 0.05) is 15.7 Å². The van der Waals surface area contributed by atoms with E-state index in [-0.39, 0.29) is 5.78 Å². The molecule has 0 spiro atoms. The van der Waals surface area contributed by atoms with Gasteiger partial charge in [-0.25, -0.2) is 0 Å². The minimum absolute atomic E-state index is 0.272. The van der Waals surface area contributed by atoms with Gasteiger partial charge >= 0.3 is 0 Å². The zero-order chi connectivity index (χ0) is 9.42. The van der Waals surface area contributed by atoms with Crippen LogP contribution in [0.1, 0.15) is 11.1 Å². The number of ketones is 1. The van der Waals surface area contributed by atoms with Crippen LogP contribution in [0.15, 0.2) is 12.1 Å².